The number of hydrogen-bond donors (Lipinski definition) is 1. The molecule has 0 bridgehead atoms. The molecule has 0 aliphatic carbocycles. The summed E-state index contributed by atoms with van der Waals surface area (Å²) < 4.78 is 13.1. The van der Waals surface area contributed by atoms with Crippen LogP contribution in [-0.2, 0) is 4.79 Å². The number of thiophene rings is 1. The number of nitrogens with zero attached hydrogens (tertiary/aromatic N) is 2. The zero-order valence-corrected chi connectivity index (χ0v) is 18.4. The van der Waals surface area contributed by atoms with Gasteiger partial charge in [0, 0.05) is 39.4 Å². The maximum atomic E-state index is 13.1. The summed E-state index contributed by atoms with van der Waals surface area (Å²) in [7, 11) is 0. The Bertz CT molecular complexity index is 1070. The van der Waals surface area contributed by atoms with Gasteiger partial charge in [0.1, 0.15) is 5.82 Å². The molecule has 5 nitrogen and oxygen atoms in total. The molecule has 1 aliphatic heterocycles. The van der Waals surface area contributed by atoms with Crippen molar-refractivity contribution < 1.29 is 14.0 Å². The molecule has 1 unspecified atom stereocenters. The Hall–Kier alpha value is -2.58. The molecule has 3 heterocycles. The first kappa shape index (κ1) is 20.7. The number of aryl methyl sites for hydroxylation is 2. The third-order valence-corrected chi connectivity index (χ3v) is 6.95. The van der Waals surface area contributed by atoms with Crippen molar-refractivity contribution in [2.75, 3.05) is 18.4 Å². The number of halogens is 1. The zero-order chi connectivity index (χ0) is 21.3. The standard InChI is InChI=1S/C22H22FN3O2S2/c1-13-10-18(14(2)30-13)19-12-29-22(24-19)25-20(27)16-4-3-9-26(11-16)21(28)15-5-7-17(23)8-6-15/h5-8,10,12,16H,3-4,9,11H2,1-2H3,(H,24,25,27). The third kappa shape index (κ3) is 4.44. The average Bonchev–Trinajstić information content (AvgIpc) is 3.33. The fourth-order valence-corrected chi connectivity index (χ4v) is 5.34. The second-order valence-electron chi connectivity index (χ2n) is 7.45. The van der Waals surface area contributed by atoms with Crippen LogP contribution in [0.25, 0.3) is 11.3 Å². The van der Waals surface area contributed by atoms with Crippen LogP contribution in [0.1, 0.15) is 33.0 Å². The van der Waals surface area contributed by atoms with Gasteiger partial charge in [0.05, 0.1) is 11.6 Å². The number of carbonyl (C=O) groups is 2. The number of hydrogen-bond acceptors (Lipinski definition) is 5. The van der Waals surface area contributed by atoms with Gasteiger partial charge in [-0.1, -0.05) is 0 Å². The van der Waals surface area contributed by atoms with Gasteiger partial charge in [-0.05, 0) is 57.0 Å². The van der Waals surface area contributed by atoms with E-state index in [0.29, 0.717) is 23.8 Å². The smallest absolute Gasteiger partial charge is 0.253 e. The van der Waals surface area contributed by atoms with E-state index in [4.69, 9.17) is 0 Å². The fraction of sp³-hybridized carbons (Fsp3) is 0.318. The van der Waals surface area contributed by atoms with E-state index in [1.165, 1.54) is 45.4 Å². The summed E-state index contributed by atoms with van der Waals surface area (Å²) in [6.45, 7) is 5.08. The van der Waals surface area contributed by atoms with Gasteiger partial charge in [-0.15, -0.1) is 22.7 Å². The molecule has 1 N–H and O–H groups in total. The quantitative estimate of drug-likeness (QED) is 0.609. The lowest BCUT2D eigenvalue weighted by Crippen LogP contribution is -2.43. The van der Waals surface area contributed by atoms with Crippen molar-refractivity contribution in [3.05, 3.63) is 56.8 Å². The molecule has 1 fully saturated rings. The SMILES string of the molecule is Cc1cc(-c2csc(NC(=O)C3CCCN(C(=O)c4ccc(F)cc4)C3)n2)c(C)s1. The number of benzene rings is 1. The summed E-state index contributed by atoms with van der Waals surface area (Å²) in [4.78, 5) is 34.2. The number of amides is 2. The number of rotatable bonds is 4. The number of carbonyl (C=O) groups excluding carboxylic acids is 2. The summed E-state index contributed by atoms with van der Waals surface area (Å²) in [5.41, 5.74) is 2.40. The fourth-order valence-electron chi connectivity index (χ4n) is 3.70. The minimum Gasteiger partial charge on any atom is -0.338 e. The predicted octanol–water partition coefficient (Wildman–Crippen LogP) is 5.12. The van der Waals surface area contributed by atoms with Gasteiger partial charge in [-0.3, -0.25) is 9.59 Å². The van der Waals surface area contributed by atoms with Gasteiger partial charge in [-0.25, -0.2) is 9.37 Å². The van der Waals surface area contributed by atoms with Crippen molar-refractivity contribution in [1.82, 2.24) is 9.88 Å². The number of piperidine rings is 1. The van der Waals surface area contributed by atoms with Gasteiger partial charge >= 0.3 is 0 Å². The largest absolute Gasteiger partial charge is 0.338 e. The maximum absolute atomic E-state index is 13.1. The van der Waals surface area contributed by atoms with E-state index in [2.05, 4.69) is 30.2 Å². The van der Waals surface area contributed by atoms with E-state index in [-0.39, 0.29) is 23.5 Å². The maximum Gasteiger partial charge on any atom is 0.253 e. The lowest BCUT2D eigenvalue weighted by Gasteiger charge is -2.32. The van der Waals surface area contributed by atoms with Crippen LogP contribution in [0.4, 0.5) is 9.52 Å². The highest BCUT2D eigenvalue weighted by Gasteiger charge is 2.29. The van der Waals surface area contributed by atoms with Gasteiger partial charge in [-0.2, -0.15) is 0 Å². The molecule has 3 aromatic rings. The van der Waals surface area contributed by atoms with Crippen LogP contribution in [0.15, 0.2) is 35.7 Å². The lowest BCUT2D eigenvalue weighted by molar-refractivity contribution is -0.121. The normalized spacial score (nSPS) is 16.5. The van der Waals surface area contributed by atoms with E-state index in [9.17, 15) is 14.0 Å². The first-order valence-electron chi connectivity index (χ1n) is 9.79. The monoisotopic (exact) mass is 443 g/mol. The molecule has 0 spiro atoms. The van der Waals surface area contributed by atoms with Gasteiger partial charge in [0.2, 0.25) is 5.91 Å². The van der Waals surface area contributed by atoms with Crippen LogP contribution in [0, 0.1) is 25.6 Å². The minimum atomic E-state index is -0.377. The Morgan fingerprint density at radius 1 is 1.23 bits per heavy atom. The Balaban J connectivity index is 1.40. The predicted molar refractivity (Wildman–Crippen MR) is 119 cm³/mol. The van der Waals surface area contributed by atoms with Gasteiger partial charge < -0.3 is 10.2 Å². The number of anilines is 1. The molecule has 0 radical (unpaired) electrons. The number of nitrogens with one attached hydrogen (secondary N) is 1. The van der Waals surface area contributed by atoms with Crippen LogP contribution >= 0.6 is 22.7 Å². The number of aromatic nitrogens is 1. The molecular weight excluding hydrogens is 421 g/mol. The topological polar surface area (TPSA) is 62.3 Å². The van der Waals surface area contributed by atoms with Gasteiger partial charge in [0.15, 0.2) is 5.13 Å². The molecule has 156 valence electrons. The molecule has 4 rings (SSSR count). The summed E-state index contributed by atoms with van der Waals surface area (Å²) in [6, 6.07) is 7.62. The molecule has 8 heteroatoms. The van der Waals surface area contributed by atoms with Crippen LogP contribution in [0.5, 0.6) is 0 Å². The zero-order valence-electron chi connectivity index (χ0n) is 16.8. The van der Waals surface area contributed by atoms with Crippen molar-refractivity contribution in [3.63, 3.8) is 0 Å². The van der Waals surface area contributed by atoms with Crippen LogP contribution in [-0.4, -0.2) is 34.8 Å². The molecule has 30 heavy (non-hydrogen) atoms. The first-order valence-corrected chi connectivity index (χ1v) is 11.5. The van der Waals surface area contributed by atoms with Crippen molar-refractivity contribution in [1.29, 1.82) is 0 Å². The lowest BCUT2D eigenvalue weighted by atomic mass is 9.96. The highest BCUT2D eigenvalue weighted by Crippen LogP contribution is 2.33. The molecule has 1 aliphatic rings. The van der Waals surface area contributed by atoms with E-state index >= 15 is 0 Å². The van der Waals surface area contributed by atoms with E-state index in [1.54, 1.807) is 16.2 Å². The average molecular weight is 444 g/mol. The van der Waals surface area contributed by atoms with Crippen LogP contribution in [0.3, 0.4) is 0 Å². The van der Waals surface area contributed by atoms with E-state index < -0.39 is 0 Å². The third-order valence-electron chi connectivity index (χ3n) is 5.22. The molecule has 0 saturated carbocycles. The van der Waals surface area contributed by atoms with E-state index in [0.717, 1.165) is 24.1 Å². The summed E-state index contributed by atoms with van der Waals surface area (Å²) in [6.07, 6.45) is 1.47. The molecule has 1 aromatic carbocycles. The van der Waals surface area contributed by atoms with Crippen LogP contribution < -0.4 is 5.32 Å². The Morgan fingerprint density at radius 2 is 2.00 bits per heavy atom. The van der Waals surface area contributed by atoms with E-state index in [1.807, 2.05) is 5.38 Å². The highest BCUT2D eigenvalue weighted by atomic mass is 32.1. The van der Waals surface area contributed by atoms with Crippen molar-refractivity contribution >= 4 is 39.6 Å². The number of likely N-dealkylation sites (tertiary alicyclic amines) is 1. The molecule has 1 saturated heterocycles. The Kier molecular flexibility index (Phi) is 5.97. The van der Waals surface area contributed by atoms with Crippen molar-refractivity contribution in [3.8, 4) is 11.3 Å². The van der Waals surface area contributed by atoms with Crippen LogP contribution in [0.2, 0.25) is 0 Å². The van der Waals surface area contributed by atoms with Crippen molar-refractivity contribution in [2.24, 2.45) is 5.92 Å². The summed E-state index contributed by atoms with van der Waals surface area (Å²) >= 11 is 3.14. The van der Waals surface area contributed by atoms with Crippen molar-refractivity contribution in [2.45, 2.75) is 26.7 Å². The molecule has 2 aromatic heterocycles. The van der Waals surface area contributed by atoms with Gasteiger partial charge in [0.25, 0.3) is 5.91 Å². The summed E-state index contributed by atoms with van der Waals surface area (Å²) in [5, 5.41) is 5.44. The molecule has 1 atom stereocenters. The first-order chi connectivity index (χ1) is 14.4. The molecular formula is C22H22FN3O2S2. The number of thiazole rings is 1. The highest BCUT2D eigenvalue weighted by molar-refractivity contribution is 7.14. The second-order valence-corrected chi connectivity index (χ2v) is 9.77. The Morgan fingerprint density at radius 3 is 2.70 bits per heavy atom. The second kappa shape index (κ2) is 8.65. The summed E-state index contributed by atoms with van der Waals surface area (Å²) in [5.74, 6) is -0.961. The Labute approximate surface area is 182 Å². The minimum absolute atomic E-state index is 0.120. The molecule has 2 amide bonds.